The van der Waals surface area contributed by atoms with Crippen molar-refractivity contribution >= 4 is 14.3 Å². The molecule has 0 bridgehead atoms. The van der Waals surface area contributed by atoms with E-state index in [1.165, 1.54) is 19.3 Å². The Labute approximate surface area is 87.5 Å². The molecule has 0 saturated heterocycles. The smallest absolute Gasteiger partial charge is 0.425 e. The van der Waals surface area contributed by atoms with Crippen LogP contribution in [0.3, 0.4) is 0 Å². The van der Waals surface area contributed by atoms with Crippen LogP contribution in [0.15, 0.2) is 24.5 Å². The molecule has 1 rings (SSSR count). The standard InChI is InChI=1S/C9H10O5P/c1-13-9-6-7(2-3-8(9)10)4-5-14-15(11)12/h2-6,10H,1H3,(H,11,12)/b5-4+. The predicted octanol–water partition coefficient (Wildman–Crippen LogP) is 2.04. The van der Waals surface area contributed by atoms with Crippen molar-refractivity contribution in [2.45, 2.75) is 0 Å². The lowest BCUT2D eigenvalue weighted by Crippen LogP contribution is -1.84. The molecule has 0 aromatic heterocycles. The van der Waals surface area contributed by atoms with Gasteiger partial charge in [0.25, 0.3) is 0 Å². The molecular formula is C9H10O5P. The predicted molar refractivity (Wildman–Crippen MR) is 54.6 cm³/mol. The van der Waals surface area contributed by atoms with E-state index in [1.807, 2.05) is 0 Å². The third-order valence-corrected chi connectivity index (χ3v) is 1.92. The summed E-state index contributed by atoms with van der Waals surface area (Å²) in [5.74, 6) is 0.356. The van der Waals surface area contributed by atoms with Crippen LogP contribution in [0.2, 0.25) is 0 Å². The van der Waals surface area contributed by atoms with Crippen LogP contribution in [0.25, 0.3) is 6.08 Å². The van der Waals surface area contributed by atoms with Crippen molar-refractivity contribution in [1.29, 1.82) is 0 Å². The molecule has 5 nitrogen and oxygen atoms in total. The maximum Gasteiger partial charge on any atom is 0.425 e. The fourth-order valence-electron chi connectivity index (χ4n) is 0.959. The number of methoxy groups -OCH3 is 1. The minimum Gasteiger partial charge on any atom is -0.504 e. The van der Waals surface area contributed by atoms with Crippen LogP contribution in [0.4, 0.5) is 0 Å². The molecule has 15 heavy (non-hydrogen) atoms. The van der Waals surface area contributed by atoms with Crippen LogP contribution in [-0.4, -0.2) is 17.1 Å². The maximum atomic E-state index is 10.2. The number of phenolic OH excluding ortho intramolecular Hbond substituents is 1. The molecule has 1 unspecified atom stereocenters. The summed E-state index contributed by atoms with van der Waals surface area (Å²) in [4.78, 5) is 8.35. The average Bonchev–Trinajstić information content (AvgIpc) is 2.20. The summed E-state index contributed by atoms with van der Waals surface area (Å²) in [5.41, 5.74) is 0.682. The Morgan fingerprint density at radius 3 is 2.80 bits per heavy atom. The Morgan fingerprint density at radius 1 is 1.47 bits per heavy atom. The lowest BCUT2D eigenvalue weighted by atomic mass is 10.2. The van der Waals surface area contributed by atoms with Gasteiger partial charge in [-0.2, -0.15) is 0 Å². The minimum absolute atomic E-state index is 0.0313. The van der Waals surface area contributed by atoms with Gasteiger partial charge in [-0.15, -0.1) is 0 Å². The number of rotatable bonds is 4. The van der Waals surface area contributed by atoms with Gasteiger partial charge in [0.1, 0.15) is 6.26 Å². The molecule has 0 amide bonds. The van der Waals surface area contributed by atoms with Crippen molar-refractivity contribution in [3.8, 4) is 11.5 Å². The van der Waals surface area contributed by atoms with E-state index >= 15 is 0 Å². The van der Waals surface area contributed by atoms with Gasteiger partial charge in [-0.25, -0.2) is 4.57 Å². The van der Waals surface area contributed by atoms with Gasteiger partial charge in [0.2, 0.25) is 0 Å². The monoisotopic (exact) mass is 229 g/mol. The van der Waals surface area contributed by atoms with E-state index in [0.29, 0.717) is 11.3 Å². The summed E-state index contributed by atoms with van der Waals surface area (Å²) in [7, 11) is -1.20. The van der Waals surface area contributed by atoms with Crippen LogP contribution in [0.1, 0.15) is 5.56 Å². The van der Waals surface area contributed by atoms with Gasteiger partial charge in [0.15, 0.2) is 11.5 Å². The lowest BCUT2D eigenvalue weighted by molar-refractivity contribution is 0.373. The highest BCUT2D eigenvalue weighted by Gasteiger charge is 2.00. The zero-order chi connectivity index (χ0) is 11.3. The highest BCUT2D eigenvalue weighted by molar-refractivity contribution is 7.32. The third-order valence-electron chi connectivity index (χ3n) is 1.62. The second-order valence-electron chi connectivity index (χ2n) is 2.58. The Balaban J connectivity index is 2.78. The van der Waals surface area contributed by atoms with Gasteiger partial charge in [0.05, 0.1) is 7.11 Å². The number of hydrogen-bond acceptors (Lipinski definition) is 4. The molecule has 6 heteroatoms. The molecule has 0 aliphatic carbocycles. The van der Waals surface area contributed by atoms with Gasteiger partial charge in [-0.3, -0.25) is 4.89 Å². The second-order valence-corrected chi connectivity index (χ2v) is 3.26. The first-order valence-corrected chi connectivity index (χ1v) is 5.13. The first-order chi connectivity index (χ1) is 7.13. The van der Waals surface area contributed by atoms with Crippen LogP contribution < -0.4 is 4.74 Å². The van der Waals surface area contributed by atoms with Crippen molar-refractivity contribution in [1.82, 2.24) is 0 Å². The molecule has 1 aromatic carbocycles. The van der Waals surface area contributed by atoms with E-state index in [4.69, 9.17) is 9.63 Å². The average molecular weight is 229 g/mol. The van der Waals surface area contributed by atoms with Crippen molar-refractivity contribution < 1.29 is 23.8 Å². The van der Waals surface area contributed by atoms with E-state index in [2.05, 4.69) is 4.52 Å². The fraction of sp³-hybridized carbons (Fsp3) is 0.111. The number of aromatic hydroxyl groups is 1. The number of ether oxygens (including phenoxy) is 1. The van der Waals surface area contributed by atoms with Gasteiger partial charge < -0.3 is 14.4 Å². The van der Waals surface area contributed by atoms with Crippen molar-refractivity contribution in [2.24, 2.45) is 0 Å². The van der Waals surface area contributed by atoms with Gasteiger partial charge >= 0.3 is 8.25 Å². The van der Waals surface area contributed by atoms with E-state index in [1.54, 1.807) is 12.1 Å². The van der Waals surface area contributed by atoms with Gasteiger partial charge in [0, 0.05) is 0 Å². The zero-order valence-corrected chi connectivity index (χ0v) is 8.85. The van der Waals surface area contributed by atoms with Crippen LogP contribution in [0, 0.1) is 0 Å². The zero-order valence-electron chi connectivity index (χ0n) is 7.95. The highest BCUT2D eigenvalue weighted by atomic mass is 31.1. The molecule has 0 fully saturated rings. The third kappa shape index (κ3) is 3.58. The van der Waals surface area contributed by atoms with Crippen LogP contribution >= 0.6 is 8.25 Å². The van der Waals surface area contributed by atoms with Gasteiger partial charge in [-0.1, -0.05) is 6.07 Å². The molecule has 1 radical (unpaired) electrons. The number of phenols is 1. The van der Waals surface area contributed by atoms with E-state index < -0.39 is 8.25 Å². The van der Waals surface area contributed by atoms with Crippen LogP contribution in [-0.2, 0) is 9.09 Å². The second kappa shape index (κ2) is 5.34. The SMILES string of the molecule is COc1cc(/C=C/O[P](=O)O)ccc1O. The molecule has 1 aromatic rings. The molecule has 0 heterocycles. The Kier molecular flexibility index (Phi) is 4.09. The van der Waals surface area contributed by atoms with E-state index in [0.717, 1.165) is 6.26 Å². The molecule has 2 N–H and O–H groups in total. The molecule has 1 atom stereocenters. The molecule has 81 valence electrons. The molecule has 0 aliphatic rings. The summed E-state index contributed by atoms with van der Waals surface area (Å²) in [5, 5.41) is 9.28. The normalized spacial score (nSPS) is 11.5. The topological polar surface area (TPSA) is 76.0 Å². The number of benzene rings is 1. The Morgan fingerprint density at radius 2 is 2.20 bits per heavy atom. The highest BCUT2D eigenvalue weighted by Crippen LogP contribution is 2.27. The summed E-state index contributed by atoms with van der Waals surface area (Å²) < 4.78 is 19.4. The summed E-state index contributed by atoms with van der Waals surface area (Å²) >= 11 is 0. The Bertz CT molecular complexity index is 388. The number of hydrogen-bond donors (Lipinski definition) is 2. The maximum absolute atomic E-state index is 10.2. The van der Waals surface area contributed by atoms with Crippen molar-refractivity contribution in [3.63, 3.8) is 0 Å². The van der Waals surface area contributed by atoms with Crippen molar-refractivity contribution in [2.75, 3.05) is 7.11 Å². The molecular weight excluding hydrogens is 219 g/mol. The van der Waals surface area contributed by atoms with E-state index in [9.17, 15) is 9.67 Å². The summed E-state index contributed by atoms with van der Waals surface area (Å²) in [6.45, 7) is 0. The largest absolute Gasteiger partial charge is 0.504 e. The Hall–Kier alpha value is -1.58. The quantitative estimate of drug-likeness (QED) is 0.610. The first kappa shape index (κ1) is 11.5. The summed E-state index contributed by atoms with van der Waals surface area (Å²) in [6.07, 6.45) is 2.58. The fourth-order valence-corrected chi connectivity index (χ4v) is 1.12. The minimum atomic E-state index is -2.63. The van der Waals surface area contributed by atoms with Crippen LogP contribution in [0.5, 0.6) is 11.5 Å². The molecule has 0 spiro atoms. The summed E-state index contributed by atoms with van der Waals surface area (Å²) in [6, 6.07) is 4.64. The first-order valence-electron chi connectivity index (χ1n) is 4.00. The molecule has 0 aliphatic heterocycles. The molecule has 0 saturated carbocycles. The van der Waals surface area contributed by atoms with E-state index in [-0.39, 0.29) is 5.75 Å². The lowest BCUT2D eigenvalue weighted by Gasteiger charge is -2.03. The van der Waals surface area contributed by atoms with Gasteiger partial charge in [-0.05, 0) is 23.8 Å². The van der Waals surface area contributed by atoms with Crippen molar-refractivity contribution in [3.05, 3.63) is 30.0 Å².